The van der Waals surface area contributed by atoms with Gasteiger partial charge < -0.3 is 4.98 Å². The molecule has 0 unspecified atom stereocenters. The lowest BCUT2D eigenvalue weighted by Gasteiger charge is -1.90. The van der Waals surface area contributed by atoms with Crippen molar-refractivity contribution in [2.75, 3.05) is 5.75 Å². The first kappa shape index (κ1) is 8.21. The summed E-state index contributed by atoms with van der Waals surface area (Å²) in [6, 6.07) is 3.92. The predicted molar refractivity (Wildman–Crippen MR) is 56.8 cm³/mol. The van der Waals surface area contributed by atoms with Crippen LogP contribution in [-0.2, 0) is 0 Å². The minimum atomic E-state index is 0.572. The van der Waals surface area contributed by atoms with Gasteiger partial charge in [-0.1, -0.05) is 11.8 Å². The summed E-state index contributed by atoms with van der Waals surface area (Å²) in [6.07, 6.45) is 3.64. The maximum Gasteiger partial charge on any atom is 0.0879 e. The average Bonchev–Trinajstić information content (AvgIpc) is 2.61. The first-order valence-corrected chi connectivity index (χ1v) is 4.56. The predicted octanol–water partition coefficient (Wildman–Crippen LogP) is 1.84. The van der Waals surface area contributed by atoms with E-state index in [1.165, 1.54) is 0 Å². The van der Waals surface area contributed by atoms with Gasteiger partial charge in [-0.2, -0.15) is 12.6 Å². The molecule has 0 saturated heterocycles. The topological polar surface area (TPSA) is 28.7 Å². The fourth-order valence-electron chi connectivity index (χ4n) is 1.14. The van der Waals surface area contributed by atoms with E-state index in [1.54, 1.807) is 6.20 Å². The minimum absolute atomic E-state index is 0.572. The number of aromatic nitrogens is 2. The lowest BCUT2D eigenvalue weighted by atomic mass is 10.2. The Labute approximate surface area is 81.8 Å². The second kappa shape index (κ2) is 3.55. The number of thiol groups is 1. The van der Waals surface area contributed by atoms with Crippen molar-refractivity contribution in [1.82, 2.24) is 9.97 Å². The molecule has 13 heavy (non-hydrogen) atoms. The molecule has 0 bridgehead atoms. The van der Waals surface area contributed by atoms with Crippen LogP contribution in [0.1, 0.15) is 5.56 Å². The number of rotatable bonds is 0. The quantitative estimate of drug-likeness (QED) is 0.479. The van der Waals surface area contributed by atoms with E-state index >= 15 is 0 Å². The van der Waals surface area contributed by atoms with Crippen LogP contribution in [0.5, 0.6) is 0 Å². The van der Waals surface area contributed by atoms with Crippen LogP contribution in [0.15, 0.2) is 24.5 Å². The van der Waals surface area contributed by atoms with Gasteiger partial charge in [-0.25, -0.2) is 0 Å². The molecular weight excluding hydrogens is 180 g/mol. The fourth-order valence-corrected chi connectivity index (χ4v) is 1.22. The molecule has 64 valence electrons. The van der Waals surface area contributed by atoms with Gasteiger partial charge in [-0.3, -0.25) is 4.98 Å². The summed E-state index contributed by atoms with van der Waals surface area (Å²) in [5, 5.41) is 0. The van der Waals surface area contributed by atoms with Gasteiger partial charge in [0, 0.05) is 18.0 Å². The molecule has 0 aromatic carbocycles. The molecule has 1 N–H and O–H groups in total. The molecule has 0 radical (unpaired) electrons. The number of H-pyrrole nitrogens is 1. The van der Waals surface area contributed by atoms with Crippen LogP contribution in [0.25, 0.3) is 11.0 Å². The van der Waals surface area contributed by atoms with Crippen molar-refractivity contribution >= 4 is 23.7 Å². The largest absolute Gasteiger partial charge is 0.360 e. The van der Waals surface area contributed by atoms with Crippen LogP contribution < -0.4 is 0 Å². The minimum Gasteiger partial charge on any atom is -0.360 e. The molecule has 0 fully saturated rings. The van der Waals surface area contributed by atoms with Gasteiger partial charge in [0.15, 0.2) is 0 Å². The molecule has 2 aromatic heterocycles. The SMILES string of the molecule is SCC#Cc1cnc2cc[nH]c2c1. The zero-order valence-corrected chi connectivity index (χ0v) is 7.81. The molecule has 0 saturated carbocycles. The molecule has 0 aliphatic heterocycles. The first-order valence-electron chi connectivity index (χ1n) is 3.93. The Bertz CT molecular complexity index is 476. The number of pyridine rings is 1. The fraction of sp³-hybridized carbons (Fsp3) is 0.100. The third-order valence-corrected chi connectivity index (χ3v) is 1.87. The molecule has 0 aliphatic carbocycles. The van der Waals surface area contributed by atoms with Crippen LogP contribution in [0.4, 0.5) is 0 Å². The standard InChI is InChI=1S/C10H8N2S/c13-5-1-2-8-6-10-9(12-7-8)3-4-11-10/h3-4,6-7,11,13H,5H2. The summed E-state index contributed by atoms with van der Waals surface area (Å²) < 4.78 is 0. The Balaban J connectivity index is 2.48. The number of hydrogen-bond donors (Lipinski definition) is 2. The summed E-state index contributed by atoms with van der Waals surface area (Å²) in [4.78, 5) is 7.32. The maximum atomic E-state index is 4.24. The smallest absolute Gasteiger partial charge is 0.0879 e. The lowest BCUT2D eigenvalue weighted by Crippen LogP contribution is -1.79. The number of hydrogen-bond acceptors (Lipinski definition) is 2. The van der Waals surface area contributed by atoms with Crippen LogP contribution in [0.3, 0.4) is 0 Å². The number of nitrogens with one attached hydrogen (secondary N) is 1. The Hall–Kier alpha value is -1.40. The molecule has 0 atom stereocenters. The van der Waals surface area contributed by atoms with Crippen molar-refractivity contribution in [3.8, 4) is 11.8 Å². The molecule has 0 aliphatic rings. The number of fused-ring (bicyclic) bond motifs is 1. The van der Waals surface area contributed by atoms with Crippen LogP contribution >= 0.6 is 12.6 Å². The molecule has 0 amide bonds. The lowest BCUT2D eigenvalue weighted by molar-refractivity contribution is 1.39. The Morgan fingerprint density at radius 2 is 2.46 bits per heavy atom. The summed E-state index contributed by atoms with van der Waals surface area (Å²) in [7, 11) is 0. The van der Waals surface area contributed by atoms with E-state index in [0.29, 0.717) is 5.75 Å². The first-order chi connectivity index (χ1) is 6.40. The Morgan fingerprint density at radius 3 is 3.31 bits per heavy atom. The van der Waals surface area contributed by atoms with Crippen LogP contribution in [0, 0.1) is 11.8 Å². The average molecular weight is 188 g/mol. The third kappa shape index (κ3) is 1.68. The second-order valence-corrected chi connectivity index (χ2v) is 2.91. The van der Waals surface area contributed by atoms with E-state index in [9.17, 15) is 0 Å². The summed E-state index contributed by atoms with van der Waals surface area (Å²) in [5.41, 5.74) is 2.91. The second-order valence-electron chi connectivity index (χ2n) is 2.59. The highest BCUT2D eigenvalue weighted by molar-refractivity contribution is 7.80. The number of nitrogens with zero attached hydrogens (tertiary/aromatic N) is 1. The molecule has 0 spiro atoms. The van der Waals surface area contributed by atoms with Gasteiger partial charge in [-0.05, 0) is 12.1 Å². The van der Waals surface area contributed by atoms with Gasteiger partial charge in [0.1, 0.15) is 0 Å². The summed E-state index contributed by atoms with van der Waals surface area (Å²) in [5.74, 6) is 6.42. The highest BCUT2D eigenvalue weighted by Crippen LogP contribution is 2.09. The molecule has 2 aromatic rings. The monoisotopic (exact) mass is 188 g/mol. The van der Waals surface area contributed by atoms with Crippen molar-refractivity contribution in [1.29, 1.82) is 0 Å². The van der Waals surface area contributed by atoms with Gasteiger partial charge in [-0.15, -0.1) is 0 Å². The van der Waals surface area contributed by atoms with Gasteiger partial charge in [0.25, 0.3) is 0 Å². The normalized spacial score (nSPS) is 9.62. The molecular formula is C10H8N2S. The molecule has 3 heteroatoms. The van der Waals surface area contributed by atoms with Crippen molar-refractivity contribution in [2.24, 2.45) is 0 Å². The maximum absolute atomic E-state index is 4.24. The van der Waals surface area contributed by atoms with Crippen molar-refractivity contribution in [3.05, 3.63) is 30.1 Å². The van der Waals surface area contributed by atoms with Crippen molar-refractivity contribution in [3.63, 3.8) is 0 Å². The van der Waals surface area contributed by atoms with E-state index in [1.807, 2.05) is 18.3 Å². The van der Waals surface area contributed by atoms with Gasteiger partial charge >= 0.3 is 0 Å². The zero-order valence-electron chi connectivity index (χ0n) is 6.91. The van der Waals surface area contributed by atoms with E-state index in [-0.39, 0.29) is 0 Å². The molecule has 2 heterocycles. The van der Waals surface area contributed by atoms with E-state index < -0.39 is 0 Å². The van der Waals surface area contributed by atoms with Crippen LogP contribution in [0.2, 0.25) is 0 Å². The molecule has 2 rings (SSSR count). The zero-order chi connectivity index (χ0) is 9.10. The van der Waals surface area contributed by atoms with E-state index in [0.717, 1.165) is 16.6 Å². The molecule has 2 nitrogen and oxygen atoms in total. The number of aromatic amines is 1. The van der Waals surface area contributed by atoms with Crippen molar-refractivity contribution in [2.45, 2.75) is 0 Å². The van der Waals surface area contributed by atoms with Gasteiger partial charge in [0.2, 0.25) is 0 Å². The Kier molecular flexibility index (Phi) is 2.24. The van der Waals surface area contributed by atoms with Crippen molar-refractivity contribution < 1.29 is 0 Å². The van der Waals surface area contributed by atoms with E-state index in [2.05, 4.69) is 34.4 Å². The van der Waals surface area contributed by atoms with Crippen LogP contribution in [-0.4, -0.2) is 15.7 Å². The highest BCUT2D eigenvalue weighted by Gasteiger charge is 1.94. The third-order valence-electron chi connectivity index (χ3n) is 1.71. The Morgan fingerprint density at radius 1 is 1.54 bits per heavy atom. The summed E-state index contributed by atoms with van der Waals surface area (Å²) >= 11 is 4.01. The summed E-state index contributed by atoms with van der Waals surface area (Å²) in [6.45, 7) is 0. The highest BCUT2D eigenvalue weighted by atomic mass is 32.1. The van der Waals surface area contributed by atoms with E-state index in [4.69, 9.17) is 0 Å². The van der Waals surface area contributed by atoms with Gasteiger partial charge in [0.05, 0.1) is 16.8 Å².